The van der Waals surface area contributed by atoms with Crippen molar-refractivity contribution >= 4 is 40.2 Å². The van der Waals surface area contributed by atoms with Crippen LogP contribution in [0.15, 0.2) is 88.1 Å². The second-order valence-electron chi connectivity index (χ2n) is 7.51. The van der Waals surface area contributed by atoms with Crippen molar-refractivity contribution in [1.29, 1.82) is 0 Å². The third-order valence-corrected chi connectivity index (χ3v) is 5.18. The molecule has 3 aromatic carbocycles. The van der Waals surface area contributed by atoms with E-state index in [1.165, 1.54) is 12.1 Å². The number of hydrogen-bond donors (Lipinski definition) is 1. The summed E-state index contributed by atoms with van der Waals surface area (Å²) in [4.78, 5) is 23.6. The smallest absolute Gasteiger partial charge is 0.336 e. The van der Waals surface area contributed by atoms with Crippen molar-refractivity contribution < 1.29 is 18.7 Å². The van der Waals surface area contributed by atoms with Gasteiger partial charge in [0.15, 0.2) is 0 Å². The zero-order valence-corrected chi connectivity index (χ0v) is 19.2. The molecule has 1 amide bonds. The average Bonchev–Trinajstić information content (AvgIpc) is 2.81. The van der Waals surface area contributed by atoms with Crippen LogP contribution in [0.2, 0.25) is 5.02 Å². The second-order valence-corrected chi connectivity index (χ2v) is 7.94. The minimum atomic E-state index is -0.384. The van der Waals surface area contributed by atoms with Crippen LogP contribution in [0.3, 0.4) is 0 Å². The van der Waals surface area contributed by atoms with Crippen molar-refractivity contribution in [1.82, 2.24) is 0 Å². The van der Waals surface area contributed by atoms with E-state index in [1.54, 1.807) is 36.4 Å². The quantitative estimate of drug-likeness (QED) is 0.196. The summed E-state index contributed by atoms with van der Waals surface area (Å²) in [5.74, 6) is 1.04. The molecule has 34 heavy (non-hydrogen) atoms. The van der Waals surface area contributed by atoms with Gasteiger partial charge in [-0.25, -0.2) is 4.79 Å². The molecule has 0 saturated carbocycles. The van der Waals surface area contributed by atoms with Gasteiger partial charge >= 0.3 is 5.63 Å². The Balaban J connectivity index is 1.24. The van der Waals surface area contributed by atoms with Crippen molar-refractivity contribution in [3.8, 4) is 11.5 Å². The van der Waals surface area contributed by atoms with E-state index in [1.807, 2.05) is 43.3 Å². The van der Waals surface area contributed by atoms with E-state index in [9.17, 15) is 9.59 Å². The number of halogens is 1. The van der Waals surface area contributed by atoms with Crippen molar-refractivity contribution in [2.45, 2.75) is 6.92 Å². The molecule has 0 aliphatic rings. The van der Waals surface area contributed by atoms with E-state index in [0.29, 0.717) is 41.0 Å². The maximum absolute atomic E-state index is 12.1. The van der Waals surface area contributed by atoms with Gasteiger partial charge < -0.3 is 19.2 Å². The van der Waals surface area contributed by atoms with Crippen LogP contribution in [0.4, 0.5) is 5.69 Å². The van der Waals surface area contributed by atoms with Crippen LogP contribution in [0.1, 0.15) is 11.1 Å². The zero-order valence-electron chi connectivity index (χ0n) is 18.4. The molecule has 0 saturated heterocycles. The van der Waals surface area contributed by atoms with Gasteiger partial charge in [-0.3, -0.25) is 4.79 Å². The molecule has 4 aromatic rings. The number of benzene rings is 3. The first-order valence-electron chi connectivity index (χ1n) is 10.6. The molecule has 6 nitrogen and oxygen atoms in total. The molecule has 0 spiro atoms. The predicted molar refractivity (Wildman–Crippen MR) is 134 cm³/mol. The summed E-state index contributed by atoms with van der Waals surface area (Å²) < 4.78 is 16.7. The van der Waals surface area contributed by atoms with E-state index < -0.39 is 0 Å². The Labute approximate surface area is 201 Å². The number of anilines is 1. The molecule has 0 fully saturated rings. The Morgan fingerprint density at radius 3 is 2.47 bits per heavy atom. The van der Waals surface area contributed by atoms with Gasteiger partial charge in [0.25, 0.3) is 0 Å². The molecular weight excluding hydrogens is 454 g/mol. The zero-order chi connectivity index (χ0) is 23.9. The molecule has 7 heteroatoms. The van der Waals surface area contributed by atoms with Gasteiger partial charge in [0, 0.05) is 34.3 Å². The fourth-order valence-corrected chi connectivity index (χ4v) is 3.50. The highest BCUT2D eigenvalue weighted by atomic mass is 35.5. The molecule has 1 heterocycles. The lowest BCUT2D eigenvalue weighted by Gasteiger charge is -2.09. The highest BCUT2D eigenvalue weighted by molar-refractivity contribution is 6.30. The molecule has 0 aliphatic carbocycles. The van der Waals surface area contributed by atoms with Gasteiger partial charge in [0.05, 0.1) is 0 Å². The number of fused-ring (bicyclic) bond motifs is 1. The van der Waals surface area contributed by atoms with E-state index in [-0.39, 0.29) is 11.5 Å². The Bertz CT molecular complexity index is 1390. The van der Waals surface area contributed by atoms with Gasteiger partial charge in [0.2, 0.25) is 5.91 Å². The molecule has 0 atom stereocenters. The third-order valence-electron chi connectivity index (χ3n) is 4.94. The number of aryl methyl sites for hydroxylation is 1. The van der Waals surface area contributed by atoms with Crippen LogP contribution >= 0.6 is 11.6 Å². The fourth-order valence-electron chi connectivity index (χ4n) is 3.31. The maximum atomic E-state index is 12.1. The van der Waals surface area contributed by atoms with Gasteiger partial charge in [-0.2, -0.15) is 0 Å². The summed E-state index contributed by atoms with van der Waals surface area (Å²) in [6.07, 6.45) is 3.17. The highest BCUT2D eigenvalue weighted by Gasteiger charge is 2.04. The number of ether oxygens (including phenoxy) is 2. The van der Waals surface area contributed by atoms with E-state index in [2.05, 4.69) is 5.32 Å². The normalized spacial score (nSPS) is 11.0. The number of nitrogens with one attached hydrogen (secondary N) is 1. The summed E-state index contributed by atoms with van der Waals surface area (Å²) in [7, 11) is 0. The Morgan fingerprint density at radius 1 is 0.971 bits per heavy atom. The van der Waals surface area contributed by atoms with Crippen LogP contribution in [0, 0.1) is 6.92 Å². The van der Waals surface area contributed by atoms with E-state index >= 15 is 0 Å². The molecule has 4 rings (SSSR count). The van der Waals surface area contributed by atoms with Gasteiger partial charge in [0.1, 0.15) is 30.3 Å². The summed E-state index contributed by atoms with van der Waals surface area (Å²) >= 11 is 5.92. The first kappa shape index (κ1) is 23.1. The standard InChI is InChI=1S/C27H22ClNO5/c1-18-15-27(31)34-25-17-23(10-11-24(18)25)33-14-13-32-22-8-5-19(6-9-22)7-12-26(30)29-21-4-2-3-20(28)16-21/h2-12,15-17H,13-14H2,1H3,(H,29,30)/b12-7+. The van der Waals surface area contributed by atoms with Crippen LogP contribution < -0.4 is 20.4 Å². The number of amides is 1. The van der Waals surface area contributed by atoms with Gasteiger partial charge in [-0.05, 0) is 66.6 Å². The summed E-state index contributed by atoms with van der Waals surface area (Å²) in [6, 6.07) is 21.2. The second kappa shape index (κ2) is 10.7. The first-order chi connectivity index (χ1) is 16.5. The van der Waals surface area contributed by atoms with Crippen LogP contribution in [0.5, 0.6) is 11.5 Å². The molecule has 0 bridgehead atoms. The van der Waals surface area contributed by atoms with Crippen molar-refractivity contribution in [3.05, 3.63) is 105 Å². The first-order valence-corrected chi connectivity index (χ1v) is 11.0. The average molecular weight is 476 g/mol. The van der Waals surface area contributed by atoms with E-state index in [0.717, 1.165) is 16.5 Å². The van der Waals surface area contributed by atoms with Crippen molar-refractivity contribution in [3.63, 3.8) is 0 Å². The van der Waals surface area contributed by atoms with Crippen LogP contribution in [-0.2, 0) is 4.79 Å². The maximum Gasteiger partial charge on any atom is 0.336 e. The number of rotatable bonds is 8. The number of carbonyl (C=O) groups is 1. The molecule has 1 N–H and O–H groups in total. The molecule has 1 aromatic heterocycles. The predicted octanol–water partition coefficient (Wildman–Crippen LogP) is 5.86. The minimum absolute atomic E-state index is 0.247. The highest BCUT2D eigenvalue weighted by Crippen LogP contribution is 2.22. The SMILES string of the molecule is Cc1cc(=O)oc2cc(OCCOc3ccc(/C=C/C(=O)Nc4cccc(Cl)c4)cc3)ccc12. The molecule has 0 radical (unpaired) electrons. The Morgan fingerprint density at radius 2 is 1.71 bits per heavy atom. The van der Waals surface area contributed by atoms with Crippen molar-refractivity contribution in [2.24, 2.45) is 0 Å². The monoisotopic (exact) mass is 475 g/mol. The van der Waals surface area contributed by atoms with Gasteiger partial charge in [-0.15, -0.1) is 0 Å². The Kier molecular flexibility index (Phi) is 7.30. The lowest BCUT2D eigenvalue weighted by molar-refractivity contribution is -0.111. The topological polar surface area (TPSA) is 77.8 Å². The lowest BCUT2D eigenvalue weighted by atomic mass is 10.1. The summed E-state index contributed by atoms with van der Waals surface area (Å²) in [6.45, 7) is 2.53. The molecule has 0 unspecified atom stereocenters. The largest absolute Gasteiger partial charge is 0.490 e. The summed E-state index contributed by atoms with van der Waals surface area (Å²) in [5.41, 5.74) is 2.47. The summed E-state index contributed by atoms with van der Waals surface area (Å²) in [5, 5.41) is 4.19. The molecule has 0 aliphatic heterocycles. The van der Waals surface area contributed by atoms with Crippen LogP contribution in [0.25, 0.3) is 17.0 Å². The van der Waals surface area contributed by atoms with Crippen molar-refractivity contribution in [2.75, 3.05) is 18.5 Å². The number of hydrogen-bond acceptors (Lipinski definition) is 5. The van der Waals surface area contributed by atoms with Gasteiger partial charge in [-0.1, -0.05) is 29.8 Å². The molecular formula is C27H22ClNO5. The minimum Gasteiger partial charge on any atom is -0.490 e. The number of carbonyl (C=O) groups excluding carboxylic acids is 1. The fraction of sp³-hybridized carbons (Fsp3) is 0.111. The lowest BCUT2D eigenvalue weighted by Crippen LogP contribution is -2.09. The Hall–Kier alpha value is -4.03. The van der Waals surface area contributed by atoms with Crippen LogP contribution in [-0.4, -0.2) is 19.1 Å². The third kappa shape index (κ3) is 6.27. The molecule has 172 valence electrons. The van der Waals surface area contributed by atoms with E-state index in [4.69, 9.17) is 25.5 Å².